The van der Waals surface area contributed by atoms with E-state index < -0.39 is 0 Å². The summed E-state index contributed by atoms with van der Waals surface area (Å²) in [6, 6.07) is 10.5. The number of amides is 1. The van der Waals surface area contributed by atoms with E-state index in [2.05, 4.69) is 39.5 Å². The standard InChI is InChI=1S/C19H22N2OS/c1-13-12-23-18(20-13)15-8-5-9-21(11-15)19(22)17-10-16(17)14-6-3-2-4-7-14/h2-4,6-7,12,15-17H,5,8-11H2,1H3. The van der Waals surface area contributed by atoms with Crippen molar-refractivity contribution in [2.45, 2.75) is 38.0 Å². The highest BCUT2D eigenvalue weighted by Crippen LogP contribution is 2.48. The summed E-state index contributed by atoms with van der Waals surface area (Å²) < 4.78 is 0. The molecule has 2 aliphatic rings. The Kier molecular flexibility index (Phi) is 3.93. The van der Waals surface area contributed by atoms with E-state index >= 15 is 0 Å². The molecule has 0 radical (unpaired) electrons. The van der Waals surface area contributed by atoms with Crippen LogP contribution in [0.3, 0.4) is 0 Å². The minimum atomic E-state index is 0.203. The predicted octanol–water partition coefficient (Wildman–Crippen LogP) is 3.96. The number of likely N-dealkylation sites (tertiary alicyclic amines) is 1. The zero-order valence-electron chi connectivity index (χ0n) is 13.4. The van der Waals surface area contributed by atoms with Gasteiger partial charge < -0.3 is 4.90 Å². The van der Waals surface area contributed by atoms with Crippen molar-refractivity contribution in [1.29, 1.82) is 0 Å². The van der Waals surface area contributed by atoms with Gasteiger partial charge in [-0.2, -0.15) is 0 Å². The molecule has 2 aromatic rings. The molecule has 2 heterocycles. The molecule has 1 amide bonds. The zero-order valence-corrected chi connectivity index (χ0v) is 14.3. The molecular formula is C19H22N2OS. The average Bonchev–Trinajstić information content (AvgIpc) is 3.29. The number of nitrogens with zero attached hydrogens (tertiary/aromatic N) is 2. The van der Waals surface area contributed by atoms with E-state index in [4.69, 9.17) is 0 Å². The smallest absolute Gasteiger partial charge is 0.226 e. The van der Waals surface area contributed by atoms with Crippen molar-refractivity contribution in [3.8, 4) is 0 Å². The SMILES string of the molecule is Cc1csc(C2CCCN(C(=O)C3CC3c3ccccc3)C2)n1. The molecule has 0 N–H and O–H groups in total. The summed E-state index contributed by atoms with van der Waals surface area (Å²) in [7, 11) is 0. The summed E-state index contributed by atoms with van der Waals surface area (Å²) in [6.45, 7) is 3.81. The van der Waals surface area contributed by atoms with Crippen LogP contribution in [-0.4, -0.2) is 28.9 Å². The first-order valence-corrected chi connectivity index (χ1v) is 9.36. The van der Waals surface area contributed by atoms with Gasteiger partial charge in [0.2, 0.25) is 5.91 Å². The van der Waals surface area contributed by atoms with Crippen LogP contribution in [0.4, 0.5) is 0 Å². The van der Waals surface area contributed by atoms with Gasteiger partial charge in [-0.05, 0) is 37.7 Å². The maximum atomic E-state index is 12.8. The van der Waals surface area contributed by atoms with Crippen molar-refractivity contribution in [2.24, 2.45) is 5.92 Å². The van der Waals surface area contributed by atoms with Crippen molar-refractivity contribution in [2.75, 3.05) is 13.1 Å². The Morgan fingerprint density at radius 3 is 2.87 bits per heavy atom. The van der Waals surface area contributed by atoms with Crippen LogP contribution in [0.15, 0.2) is 35.7 Å². The lowest BCUT2D eigenvalue weighted by atomic mass is 9.98. The topological polar surface area (TPSA) is 33.2 Å². The average molecular weight is 326 g/mol. The van der Waals surface area contributed by atoms with Crippen molar-refractivity contribution in [3.63, 3.8) is 0 Å². The minimum Gasteiger partial charge on any atom is -0.342 e. The van der Waals surface area contributed by atoms with Crippen molar-refractivity contribution < 1.29 is 4.79 Å². The number of rotatable bonds is 3. The second kappa shape index (κ2) is 6.08. The van der Waals surface area contributed by atoms with Gasteiger partial charge in [0, 0.05) is 36.0 Å². The zero-order chi connectivity index (χ0) is 15.8. The van der Waals surface area contributed by atoms with Crippen LogP contribution in [0.5, 0.6) is 0 Å². The third-order valence-corrected chi connectivity index (χ3v) is 6.18. The molecule has 3 unspecified atom stereocenters. The lowest BCUT2D eigenvalue weighted by Gasteiger charge is -2.32. The molecule has 4 rings (SSSR count). The second-order valence-electron chi connectivity index (χ2n) is 6.81. The van der Waals surface area contributed by atoms with Crippen LogP contribution in [0, 0.1) is 12.8 Å². The van der Waals surface area contributed by atoms with E-state index in [1.165, 1.54) is 10.6 Å². The van der Waals surface area contributed by atoms with Crippen LogP contribution in [0.2, 0.25) is 0 Å². The fourth-order valence-corrected chi connectivity index (χ4v) is 4.64. The summed E-state index contributed by atoms with van der Waals surface area (Å²) in [4.78, 5) is 19.6. The Bertz CT molecular complexity index is 696. The van der Waals surface area contributed by atoms with Gasteiger partial charge in [0.1, 0.15) is 0 Å². The largest absolute Gasteiger partial charge is 0.342 e. The van der Waals surface area contributed by atoms with Crippen LogP contribution in [0.1, 0.15) is 47.4 Å². The first-order chi connectivity index (χ1) is 11.2. The Balaban J connectivity index is 1.41. The molecule has 3 nitrogen and oxygen atoms in total. The molecular weight excluding hydrogens is 304 g/mol. The van der Waals surface area contributed by atoms with Gasteiger partial charge in [-0.1, -0.05) is 30.3 Å². The first-order valence-electron chi connectivity index (χ1n) is 8.48. The van der Waals surface area contributed by atoms with Gasteiger partial charge >= 0.3 is 0 Å². The van der Waals surface area contributed by atoms with Gasteiger partial charge in [0.15, 0.2) is 0 Å². The second-order valence-corrected chi connectivity index (χ2v) is 7.70. The molecule has 0 spiro atoms. The van der Waals surface area contributed by atoms with E-state index in [0.717, 1.165) is 38.0 Å². The molecule has 120 valence electrons. The number of benzene rings is 1. The van der Waals surface area contributed by atoms with Crippen LogP contribution < -0.4 is 0 Å². The summed E-state index contributed by atoms with van der Waals surface area (Å²) in [5, 5.41) is 3.32. The molecule has 23 heavy (non-hydrogen) atoms. The molecule has 1 aromatic carbocycles. The molecule has 1 aromatic heterocycles. The highest BCUT2D eigenvalue weighted by Gasteiger charge is 2.46. The first kappa shape index (κ1) is 14.9. The normalized spacial score (nSPS) is 27.0. The van der Waals surface area contributed by atoms with Gasteiger partial charge in [-0.25, -0.2) is 4.98 Å². The molecule has 2 fully saturated rings. The summed E-state index contributed by atoms with van der Waals surface area (Å²) >= 11 is 1.74. The molecule has 1 aliphatic heterocycles. The Morgan fingerprint density at radius 2 is 2.13 bits per heavy atom. The van der Waals surface area contributed by atoms with Crippen molar-refractivity contribution >= 4 is 17.2 Å². The maximum Gasteiger partial charge on any atom is 0.226 e. The number of aromatic nitrogens is 1. The molecule has 0 bridgehead atoms. The third kappa shape index (κ3) is 3.05. The fraction of sp³-hybridized carbons (Fsp3) is 0.474. The number of carbonyl (C=O) groups excluding carboxylic acids is 1. The van der Waals surface area contributed by atoms with E-state index in [9.17, 15) is 4.79 Å². The quantitative estimate of drug-likeness (QED) is 0.855. The number of thiazole rings is 1. The number of carbonyl (C=O) groups is 1. The minimum absolute atomic E-state index is 0.203. The number of hydrogen-bond acceptors (Lipinski definition) is 3. The lowest BCUT2D eigenvalue weighted by molar-refractivity contribution is -0.133. The Labute approximate surface area is 141 Å². The monoisotopic (exact) mass is 326 g/mol. The van der Waals surface area contributed by atoms with Crippen LogP contribution >= 0.6 is 11.3 Å². The highest BCUT2D eigenvalue weighted by atomic mass is 32.1. The maximum absolute atomic E-state index is 12.8. The highest BCUT2D eigenvalue weighted by molar-refractivity contribution is 7.09. The molecule has 1 saturated carbocycles. The summed E-state index contributed by atoms with van der Waals surface area (Å²) in [5.41, 5.74) is 2.41. The Morgan fingerprint density at radius 1 is 1.30 bits per heavy atom. The van der Waals surface area contributed by atoms with Crippen LogP contribution in [-0.2, 0) is 4.79 Å². The van der Waals surface area contributed by atoms with Gasteiger partial charge in [0.25, 0.3) is 0 Å². The lowest BCUT2D eigenvalue weighted by Crippen LogP contribution is -2.40. The van der Waals surface area contributed by atoms with Crippen molar-refractivity contribution in [3.05, 3.63) is 52.0 Å². The van der Waals surface area contributed by atoms with Gasteiger partial charge in [0.05, 0.1) is 5.01 Å². The van der Waals surface area contributed by atoms with E-state index in [1.807, 2.05) is 13.0 Å². The van der Waals surface area contributed by atoms with E-state index in [0.29, 0.717) is 17.7 Å². The van der Waals surface area contributed by atoms with E-state index in [-0.39, 0.29) is 5.92 Å². The van der Waals surface area contributed by atoms with E-state index in [1.54, 1.807) is 11.3 Å². The van der Waals surface area contributed by atoms with Crippen LogP contribution in [0.25, 0.3) is 0 Å². The molecule has 1 aliphatic carbocycles. The number of piperidine rings is 1. The van der Waals surface area contributed by atoms with Gasteiger partial charge in [-0.3, -0.25) is 4.79 Å². The molecule has 1 saturated heterocycles. The summed E-state index contributed by atoms with van der Waals surface area (Å²) in [5.74, 6) is 1.43. The molecule has 4 heteroatoms. The van der Waals surface area contributed by atoms with Gasteiger partial charge in [-0.15, -0.1) is 11.3 Å². The predicted molar refractivity (Wildman–Crippen MR) is 92.7 cm³/mol. The van der Waals surface area contributed by atoms with Crippen molar-refractivity contribution in [1.82, 2.24) is 9.88 Å². The number of aryl methyl sites for hydroxylation is 1. The summed E-state index contributed by atoms with van der Waals surface area (Å²) in [6.07, 6.45) is 3.27. The molecule has 3 atom stereocenters. The Hall–Kier alpha value is -1.68. The number of hydrogen-bond donors (Lipinski definition) is 0. The third-order valence-electron chi connectivity index (χ3n) is 5.05. The fourth-order valence-electron chi connectivity index (χ4n) is 3.71.